The number of rotatable bonds is 10. The molecule has 0 aliphatic rings. The van der Waals surface area contributed by atoms with Gasteiger partial charge in [-0.05, 0) is 178 Å². The lowest BCUT2D eigenvalue weighted by molar-refractivity contribution is 1.18. The molecule has 16 aromatic rings. The summed E-state index contributed by atoms with van der Waals surface area (Å²) in [5, 5.41) is 7.28. The topological polar surface area (TPSA) is 18.0 Å². The SMILES string of the molecule is c1ccc(-c2ccc(N(c3ccc(-c4ccccc4)cc3)c3ccc4c(c3)c3cc(-c5ccc6c(c5)c5cc(-c7ccc8c(c7)c7ccccc7n8-c7ccccc7)ccc5n6-c5ccccc5)ccc3n4-c3ccccc3)cc2)cc1. The highest BCUT2D eigenvalue weighted by molar-refractivity contribution is 6.15. The fourth-order valence-corrected chi connectivity index (χ4v) is 12.7. The van der Waals surface area contributed by atoms with Crippen LogP contribution >= 0.6 is 0 Å². The Labute approximate surface area is 475 Å². The van der Waals surface area contributed by atoms with Crippen molar-refractivity contribution in [2.75, 3.05) is 4.90 Å². The van der Waals surface area contributed by atoms with Gasteiger partial charge >= 0.3 is 0 Å². The molecule has 4 heteroatoms. The van der Waals surface area contributed by atoms with Crippen LogP contribution in [0.25, 0.3) is 127 Å². The van der Waals surface area contributed by atoms with Gasteiger partial charge in [0.2, 0.25) is 0 Å². The van der Waals surface area contributed by atoms with Gasteiger partial charge in [0.25, 0.3) is 0 Å². The summed E-state index contributed by atoms with van der Waals surface area (Å²) in [6.45, 7) is 0. The number of anilines is 3. The van der Waals surface area contributed by atoms with E-state index in [0.717, 1.165) is 56.3 Å². The van der Waals surface area contributed by atoms with Crippen LogP contribution in [0, 0.1) is 0 Å². The molecule has 384 valence electrons. The molecule has 0 amide bonds. The van der Waals surface area contributed by atoms with Gasteiger partial charge in [0, 0.05) is 66.4 Å². The Hall–Kier alpha value is -10.9. The molecule has 13 aromatic carbocycles. The molecule has 0 fully saturated rings. The summed E-state index contributed by atoms with van der Waals surface area (Å²) in [4.78, 5) is 2.39. The molecule has 0 unspecified atom stereocenters. The van der Waals surface area contributed by atoms with E-state index in [1.807, 2.05) is 0 Å². The number of benzene rings is 13. The third-order valence-corrected chi connectivity index (χ3v) is 16.6. The largest absolute Gasteiger partial charge is 0.310 e. The lowest BCUT2D eigenvalue weighted by atomic mass is 9.98. The minimum absolute atomic E-state index is 1.08. The van der Waals surface area contributed by atoms with E-state index in [2.05, 4.69) is 334 Å². The normalized spacial score (nSPS) is 11.7. The predicted molar refractivity (Wildman–Crippen MR) is 346 cm³/mol. The number of fused-ring (bicyclic) bond motifs is 9. The molecule has 3 aromatic heterocycles. The van der Waals surface area contributed by atoms with E-state index in [1.54, 1.807) is 0 Å². The van der Waals surface area contributed by atoms with Gasteiger partial charge in [0.15, 0.2) is 0 Å². The lowest BCUT2D eigenvalue weighted by Crippen LogP contribution is -2.10. The van der Waals surface area contributed by atoms with Gasteiger partial charge in [0.1, 0.15) is 0 Å². The minimum atomic E-state index is 1.08. The Morgan fingerprint density at radius 3 is 0.805 bits per heavy atom. The van der Waals surface area contributed by atoms with Gasteiger partial charge in [0.05, 0.1) is 33.1 Å². The van der Waals surface area contributed by atoms with Gasteiger partial charge < -0.3 is 18.6 Å². The first-order valence-electron chi connectivity index (χ1n) is 28.1. The van der Waals surface area contributed by atoms with Crippen LogP contribution in [0.1, 0.15) is 0 Å². The van der Waals surface area contributed by atoms with E-state index in [9.17, 15) is 0 Å². The fourth-order valence-electron chi connectivity index (χ4n) is 12.7. The summed E-state index contributed by atoms with van der Waals surface area (Å²) in [5.41, 5.74) is 23.2. The maximum atomic E-state index is 2.42. The van der Waals surface area contributed by atoms with Gasteiger partial charge in [-0.25, -0.2) is 0 Å². The highest BCUT2D eigenvalue weighted by atomic mass is 15.1. The third-order valence-electron chi connectivity index (χ3n) is 16.6. The van der Waals surface area contributed by atoms with Crippen LogP contribution in [0.5, 0.6) is 0 Å². The number of aromatic nitrogens is 3. The first-order chi connectivity index (χ1) is 40.7. The summed E-state index contributed by atoms with van der Waals surface area (Å²) in [6, 6.07) is 115. The molecule has 0 atom stereocenters. The zero-order chi connectivity index (χ0) is 54.1. The second-order valence-electron chi connectivity index (χ2n) is 21.3. The Bertz CT molecular complexity index is 4960. The van der Waals surface area contributed by atoms with Crippen LogP contribution in [-0.2, 0) is 0 Å². The standard InChI is InChI=1S/C78H52N4/c1-6-18-53(19-7-1)55-30-38-64(39-31-55)79(65-40-32-56(33-41-65)54-20-8-2-9-21-54)66-42-47-78-72(52-66)71-51-60(37-46-77(71)82(78)63-26-14-5-15-27-63)59-36-45-76-70(50-59)69-49-58(35-44-75(69)81(76)62-24-12-4-13-25-62)57-34-43-74-68(48-57)67-28-16-17-29-73(67)80(74)61-22-10-3-11-23-61/h1-52H. The highest BCUT2D eigenvalue weighted by Gasteiger charge is 2.21. The Balaban J connectivity index is 0.857. The van der Waals surface area contributed by atoms with Crippen LogP contribution < -0.4 is 4.90 Å². The first-order valence-corrected chi connectivity index (χ1v) is 28.1. The summed E-state index contributed by atoms with van der Waals surface area (Å²) in [6.07, 6.45) is 0. The first kappa shape index (κ1) is 47.1. The van der Waals surface area contributed by atoms with E-state index in [4.69, 9.17) is 0 Å². The predicted octanol–water partition coefficient (Wildman–Crippen LogP) is 21.1. The molecule has 0 N–H and O–H groups in total. The molecule has 0 spiro atoms. The molecule has 0 saturated carbocycles. The third kappa shape index (κ3) is 7.91. The van der Waals surface area contributed by atoms with Crippen molar-refractivity contribution in [3.8, 4) is 61.6 Å². The van der Waals surface area contributed by atoms with Gasteiger partial charge in [-0.3, -0.25) is 0 Å². The van der Waals surface area contributed by atoms with Crippen molar-refractivity contribution in [2.45, 2.75) is 0 Å². The average Bonchev–Trinajstić information content (AvgIpc) is 3.80. The summed E-state index contributed by atoms with van der Waals surface area (Å²) >= 11 is 0. The number of nitrogens with zero attached hydrogens (tertiary/aromatic N) is 4. The molecule has 16 rings (SSSR count). The highest BCUT2D eigenvalue weighted by Crippen LogP contribution is 2.44. The summed E-state index contributed by atoms with van der Waals surface area (Å²) in [5.74, 6) is 0. The van der Waals surface area contributed by atoms with E-state index >= 15 is 0 Å². The molecule has 0 saturated heterocycles. The molecule has 0 aliphatic heterocycles. The van der Waals surface area contributed by atoms with Crippen LogP contribution in [0.2, 0.25) is 0 Å². The van der Waals surface area contributed by atoms with E-state index < -0.39 is 0 Å². The minimum Gasteiger partial charge on any atom is -0.310 e. The fraction of sp³-hybridized carbons (Fsp3) is 0. The monoisotopic (exact) mass is 1040 g/mol. The van der Waals surface area contributed by atoms with Crippen LogP contribution in [-0.4, -0.2) is 13.7 Å². The number of para-hydroxylation sites is 4. The Morgan fingerprint density at radius 1 is 0.171 bits per heavy atom. The van der Waals surface area contributed by atoms with Crippen molar-refractivity contribution in [3.05, 3.63) is 315 Å². The van der Waals surface area contributed by atoms with Crippen molar-refractivity contribution < 1.29 is 0 Å². The van der Waals surface area contributed by atoms with Crippen molar-refractivity contribution in [1.29, 1.82) is 0 Å². The molecule has 82 heavy (non-hydrogen) atoms. The molecular weight excluding hydrogens is 993 g/mol. The van der Waals surface area contributed by atoms with Gasteiger partial charge in [-0.2, -0.15) is 0 Å². The van der Waals surface area contributed by atoms with Crippen molar-refractivity contribution in [3.63, 3.8) is 0 Å². The molecule has 0 radical (unpaired) electrons. The Morgan fingerprint density at radius 2 is 0.427 bits per heavy atom. The average molecular weight is 1050 g/mol. The smallest absolute Gasteiger partial charge is 0.0542 e. The molecule has 0 bridgehead atoms. The van der Waals surface area contributed by atoms with E-state index in [-0.39, 0.29) is 0 Å². The molecule has 4 nitrogen and oxygen atoms in total. The van der Waals surface area contributed by atoms with Crippen molar-refractivity contribution in [1.82, 2.24) is 13.7 Å². The van der Waals surface area contributed by atoms with Gasteiger partial charge in [-0.15, -0.1) is 0 Å². The molecule has 3 heterocycles. The number of hydrogen-bond acceptors (Lipinski definition) is 1. The number of hydrogen-bond donors (Lipinski definition) is 0. The van der Waals surface area contributed by atoms with E-state index in [0.29, 0.717) is 0 Å². The second-order valence-corrected chi connectivity index (χ2v) is 21.3. The zero-order valence-corrected chi connectivity index (χ0v) is 44.8. The maximum absolute atomic E-state index is 2.42. The van der Waals surface area contributed by atoms with Crippen LogP contribution in [0.3, 0.4) is 0 Å². The van der Waals surface area contributed by atoms with Gasteiger partial charge in [-0.1, -0.05) is 182 Å². The Kier molecular flexibility index (Phi) is 11.2. The maximum Gasteiger partial charge on any atom is 0.0542 e. The second kappa shape index (κ2) is 19.5. The summed E-state index contributed by atoms with van der Waals surface area (Å²) in [7, 11) is 0. The lowest BCUT2D eigenvalue weighted by Gasteiger charge is -2.26. The quantitative estimate of drug-likeness (QED) is 0.133. The van der Waals surface area contributed by atoms with Crippen molar-refractivity contribution in [2.24, 2.45) is 0 Å². The molecule has 0 aliphatic carbocycles. The summed E-state index contributed by atoms with van der Waals surface area (Å²) < 4.78 is 7.22. The van der Waals surface area contributed by atoms with Crippen LogP contribution in [0.4, 0.5) is 17.1 Å². The zero-order valence-electron chi connectivity index (χ0n) is 44.8. The van der Waals surface area contributed by atoms with Crippen LogP contribution in [0.15, 0.2) is 315 Å². The molecular formula is C78H52N4. The van der Waals surface area contributed by atoms with Crippen molar-refractivity contribution >= 4 is 82.5 Å². The van der Waals surface area contributed by atoms with E-state index in [1.165, 1.54) is 87.8 Å².